The molecule has 0 bridgehead atoms. The fourth-order valence-corrected chi connectivity index (χ4v) is 3.94. The number of hydrogen-bond donors (Lipinski definition) is 2. The van der Waals surface area contributed by atoms with Crippen LogP contribution < -0.4 is 11.1 Å². The number of thioether (sulfide) groups is 1. The maximum atomic E-state index is 12.1. The van der Waals surface area contributed by atoms with Crippen molar-refractivity contribution in [2.24, 2.45) is 17.6 Å². The summed E-state index contributed by atoms with van der Waals surface area (Å²) in [5, 5.41) is 3.84. The van der Waals surface area contributed by atoms with Crippen molar-refractivity contribution >= 4 is 17.7 Å². The molecule has 0 saturated heterocycles. The highest BCUT2D eigenvalue weighted by atomic mass is 32.2. The van der Waals surface area contributed by atoms with E-state index in [2.05, 4.69) is 25.4 Å². The molecule has 0 spiro atoms. The molecule has 3 nitrogen and oxygen atoms in total. The Labute approximate surface area is 122 Å². The number of amides is 1. The minimum atomic E-state index is 0.196. The maximum Gasteiger partial charge on any atom is 0.220 e. The van der Waals surface area contributed by atoms with E-state index < -0.39 is 0 Å². The number of rotatable bonds is 7. The van der Waals surface area contributed by atoms with Crippen LogP contribution in [-0.2, 0) is 4.79 Å². The van der Waals surface area contributed by atoms with Crippen molar-refractivity contribution < 1.29 is 4.79 Å². The van der Waals surface area contributed by atoms with Gasteiger partial charge in [-0.15, -0.1) is 0 Å². The Balaban J connectivity index is 2.40. The first-order chi connectivity index (χ1) is 9.06. The smallest absolute Gasteiger partial charge is 0.220 e. The first-order valence-corrected chi connectivity index (χ1v) is 8.87. The van der Waals surface area contributed by atoms with Gasteiger partial charge < -0.3 is 11.1 Å². The van der Waals surface area contributed by atoms with Crippen molar-refractivity contribution in [3.05, 3.63) is 0 Å². The van der Waals surface area contributed by atoms with Gasteiger partial charge in [0, 0.05) is 17.7 Å². The Kier molecular flexibility index (Phi) is 7.84. The molecule has 112 valence electrons. The molecule has 3 N–H and O–H groups in total. The minimum absolute atomic E-state index is 0.196. The molecule has 1 amide bonds. The third-order valence-electron chi connectivity index (χ3n) is 3.96. The Morgan fingerprint density at radius 3 is 2.63 bits per heavy atom. The van der Waals surface area contributed by atoms with E-state index in [9.17, 15) is 4.79 Å². The normalized spacial score (nSPS) is 25.3. The maximum absolute atomic E-state index is 12.1. The molecule has 2 unspecified atom stereocenters. The van der Waals surface area contributed by atoms with Crippen molar-refractivity contribution in [1.29, 1.82) is 0 Å². The Morgan fingerprint density at radius 1 is 1.37 bits per heavy atom. The molecule has 1 aliphatic rings. The Bertz CT molecular complexity index is 271. The summed E-state index contributed by atoms with van der Waals surface area (Å²) in [4.78, 5) is 12.1. The van der Waals surface area contributed by atoms with Gasteiger partial charge >= 0.3 is 0 Å². The average molecular weight is 286 g/mol. The third kappa shape index (κ3) is 6.17. The van der Waals surface area contributed by atoms with Crippen LogP contribution in [0, 0.1) is 11.8 Å². The molecule has 1 fully saturated rings. The number of carbonyl (C=O) groups is 1. The van der Waals surface area contributed by atoms with Crippen LogP contribution in [-0.4, -0.2) is 30.0 Å². The van der Waals surface area contributed by atoms with Crippen LogP contribution in [0.1, 0.15) is 52.4 Å². The molecule has 0 radical (unpaired) electrons. The topological polar surface area (TPSA) is 55.1 Å². The number of nitrogens with one attached hydrogen (secondary N) is 1. The Hall–Kier alpha value is -0.220. The molecule has 0 aliphatic heterocycles. The Morgan fingerprint density at radius 2 is 2.05 bits per heavy atom. The van der Waals surface area contributed by atoms with E-state index in [1.165, 1.54) is 19.3 Å². The molecule has 0 heterocycles. The molecule has 4 heteroatoms. The van der Waals surface area contributed by atoms with Gasteiger partial charge in [-0.3, -0.25) is 4.79 Å². The summed E-state index contributed by atoms with van der Waals surface area (Å²) < 4.78 is 0. The molecule has 1 rings (SSSR count). The quantitative estimate of drug-likeness (QED) is 0.756. The highest BCUT2D eigenvalue weighted by molar-refractivity contribution is 7.99. The van der Waals surface area contributed by atoms with E-state index in [-0.39, 0.29) is 5.91 Å². The predicted octanol–water partition coefficient (Wildman–Crippen LogP) is 2.79. The zero-order chi connectivity index (χ0) is 14.3. The molecule has 1 saturated carbocycles. The summed E-state index contributed by atoms with van der Waals surface area (Å²) in [6, 6.07) is 0.369. The minimum Gasteiger partial charge on any atom is -0.352 e. The second kappa shape index (κ2) is 8.85. The van der Waals surface area contributed by atoms with Gasteiger partial charge in [0.25, 0.3) is 0 Å². The van der Waals surface area contributed by atoms with Crippen molar-refractivity contribution in [3.8, 4) is 0 Å². The first kappa shape index (κ1) is 16.8. The summed E-state index contributed by atoms with van der Waals surface area (Å²) in [5.74, 6) is 1.13. The van der Waals surface area contributed by atoms with E-state index in [0.717, 1.165) is 12.8 Å². The van der Waals surface area contributed by atoms with E-state index in [1.54, 1.807) is 0 Å². The van der Waals surface area contributed by atoms with Gasteiger partial charge in [0.15, 0.2) is 0 Å². The lowest BCUT2D eigenvalue weighted by molar-refractivity contribution is -0.122. The number of carbonyl (C=O) groups excluding carboxylic acids is 1. The van der Waals surface area contributed by atoms with Crippen LogP contribution in [0.5, 0.6) is 0 Å². The van der Waals surface area contributed by atoms with E-state index in [0.29, 0.717) is 36.1 Å². The molecule has 3 atom stereocenters. The van der Waals surface area contributed by atoms with Crippen molar-refractivity contribution in [3.63, 3.8) is 0 Å². The summed E-state index contributed by atoms with van der Waals surface area (Å²) in [6.07, 6.45) is 8.70. The van der Waals surface area contributed by atoms with Gasteiger partial charge in [0.05, 0.1) is 0 Å². The fourth-order valence-electron chi connectivity index (χ4n) is 3.00. The second-order valence-corrected chi connectivity index (χ2v) is 7.24. The first-order valence-electron chi connectivity index (χ1n) is 7.59. The largest absolute Gasteiger partial charge is 0.352 e. The van der Waals surface area contributed by atoms with Crippen molar-refractivity contribution in [2.45, 2.75) is 63.7 Å². The lowest BCUT2D eigenvalue weighted by atomic mass is 9.92. The second-order valence-electron chi connectivity index (χ2n) is 6.17. The van der Waals surface area contributed by atoms with Crippen molar-refractivity contribution in [1.82, 2.24) is 5.32 Å². The van der Waals surface area contributed by atoms with Gasteiger partial charge in [-0.25, -0.2) is 0 Å². The molecule has 0 aromatic rings. The molecule has 0 aromatic heterocycles. The summed E-state index contributed by atoms with van der Waals surface area (Å²) in [7, 11) is 0. The van der Waals surface area contributed by atoms with Crippen LogP contribution in [0.2, 0.25) is 0 Å². The van der Waals surface area contributed by atoms with Gasteiger partial charge in [0.1, 0.15) is 0 Å². The molecular formula is C15H30N2OS. The number of hydrogen-bond acceptors (Lipinski definition) is 3. The summed E-state index contributed by atoms with van der Waals surface area (Å²) >= 11 is 1.89. The van der Waals surface area contributed by atoms with Gasteiger partial charge in [-0.2, -0.15) is 11.8 Å². The third-order valence-corrected chi connectivity index (χ3v) is 5.13. The lowest BCUT2D eigenvalue weighted by Gasteiger charge is -2.31. The van der Waals surface area contributed by atoms with Gasteiger partial charge in [0.2, 0.25) is 5.91 Å². The van der Waals surface area contributed by atoms with E-state index in [4.69, 9.17) is 5.73 Å². The zero-order valence-corrected chi connectivity index (χ0v) is 13.5. The van der Waals surface area contributed by atoms with E-state index in [1.807, 2.05) is 11.8 Å². The molecule has 0 aromatic carbocycles. The van der Waals surface area contributed by atoms with Crippen LogP contribution in [0.15, 0.2) is 0 Å². The summed E-state index contributed by atoms with van der Waals surface area (Å²) in [5.41, 5.74) is 5.77. The average Bonchev–Trinajstić information content (AvgIpc) is 2.38. The van der Waals surface area contributed by atoms with Gasteiger partial charge in [-0.1, -0.05) is 26.7 Å². The fraction of sp³-hybridized carbons (Fsp3) is 0.933. The van der Waals surface area contributed by atoms with Crippen LogP contribution in [0.3, 0.4) is 0 Å². The monoisotopic (exact) mass is 286 g/mol. The van der Waals surface area contributed by atoms with Crippen LogP contribution in [0.4, 0.5) is 0 Å². The summed E-state index contributed by atoms with van der Waals surface area (Å²) in [6.45, 7) is 4.99. The van der Waals surface area contributed by atoms with Crippen LogP contribution >= 0.6 is 11.8 Å². The zero-order valence-electron chi connectivity index (χ0n) is 12.7. The lowest BCUT2D eigenvalue weighted by Crippen LogP contribution is -2.44. The molecule has 1 aliphatic carbocycles. The highest BCUT2D eigenvalue weighted by Crippen LogP contribution is 2.27. The van der Waals surface area contributed by atoms with Crippen molar-refractivity contribution in [2.75, 3.05) is 12.8 Å². The molecule has 19 heavy (non-hydrogen) atoms. The molecular weight excluding hydrogens is 256 g/mol. The number of nitrogens with two attached hydrogens (primary N) is 1. The predicted molar refractivity (Wildman–Crippen MR) is 84.3 cm³/mol. The highest BCUT2D eigenvalue weighted by Gasteiger charge is 2.26. The van der Waals surface area contributed by atoms with Crippen LogP contribution in [0.25, 0.3) is 0 Å². The SMILES string of the molecule is CSC1CCCCC1NC(=O)C[C@@H](CN)CC(C)C. The van der Waals surface area contributed by atoms with Gasteiger partial charge in [-0.05, 0) is 43.9 Å². The standard InChI is InChI=1S/C15H30N2OS/c1-11(2)8-12(10-16)9-15(18)17-13-6-4-5-7-14(13)19-3/h11-14H,4-10,16H2,1-3H3,(H,17,18)/t12-,13?,14?/m0/s1. The van der Waals surface area contributed by atoms with E-state index >= 15 is 0 Å².